The van der Waals surface area contributed by atoms with E-state index in [0.717, 1.165) is 21.5 Å². The number of halogens is 2. The zero-order valence-corrected chi connectivity index (χ0v) is 10.7. The summed E-state index contributed by atoms with van der Waals surface area (Å²) in [5.41, 5.74) is 1.24. The first-order valence-corrected chi connectivity index (χ1v) is 6.39. The van der Waals surface area contributed by atoms with Gasteiger partial charge in [-0.25, -0.2) is 0 Å². The van der Waals surface area contributed by atoms with Crippen molar-refractivity contribution < 1.29 is 4.79 Å². The molecule has 1 rings (SSSR count). The van der Waals surface area contributed by atoms with Gasteiger partial charge in [-0.1, -0.05) is 6.92 Å². The third-order valence-electron chi connectivity index (χ3n) is 1.58. The van der Waals surface area contributed by atoms with Crippen molar-refractivity contribution in [3.05, 3.63) is 28.0 Å². The summed E-state index contributed by atoms with van der Waals surface area (Å²) in [5.74, 6) is 1.76. The van der Waals surface area contributed by atoms with Gasteiger partial charge in [-0.2, -0.15) is 11.8 Å². The number of carbonyl (C=O) groups is 1. The summed E-state index contributed by atoms with van der Waals surface area (Å²) < 4.78 is 0.867. The maximum atomic E-state index is 11.0. The van der Waals surface area contributed by atoms with Crippen molar-refractivity contribution in [3.8, 4) is 0 Å². The van der Waals surface area contributed by atoms with Crippen molar-refractivity contribution in [2.75, 3.05) is 5.75 Å². The summed E-state index contributed by atoms with van der Waals surface area (Å²) in [7, 11) is 0. The number of hydrogen-bond donors (Lipinski definition) is 0. The molecule has 0 aliphatic heterocycles. The van der Waals surface area contributed by atoms with E-state index in [9.17, 15) is 4.79 Å². The molecule has 14 heavy (non-hydrogen) atoms. The number of carbonyl (C=O) groups excluding carboxylic acids is 1. The zero-order chi connectivity index (χ0) is 10.6. The molecule has 0 aromatic carbocycles. The molecular formula is C9H9BrClNOS. The van der Waals surface area contributed by atoms with Gasteiger partial charge in [0.25, 0.3) is 5.24 Å². The number of aromatic nitrogens is 1. The van der Waals surface area contributed by atoms with E-state index in [2.05, 4.69) is 27.8 Å². The van der Waals surface area contributed by atoms with E-state index in [1.165, 1.54) is 0 Å². The molecule has 0 bridgehead atoms. The minimum absolute atomic E-state index is 0.357. The average Bonchev–Trinajstić information content (AvgIpc) is 2.14. The molecule has 0 unspecified atom stereocenters. The van der Waals surface area contributed by atoms with E-state index in [1.54, 1.807) is 18.0 Å². The number of nitrogens with zero attached hydrogens (tertiary/aromatic N) is 1. The van der Waals surface area contributed by atoms with Gasteiger partial charge in [0.05, 0.1) is 0 Å². The van der Waals surface area contributed by atoms with Gasteiger partial charge >= 0.3 is 0 Å². The average molecular weight is 295 g/mol. The van der Waals surface area contributed by atoms with Crippen molar-refractivity contribution in [1.82, 2.24) is 4.98 Å². The SMILES string of the molecule is CCSCc1cc(Br)cnc1C(=O)Cl. The first-order chi connectivity index (χ1) is 6.65. The van der Waals surface area contributed by atoms with E-state index >= 15 is 0 Å². The minimum atomic E-state index is -0.496. The Labute approximate surface area is 101 Å². The van der Waals surface area contributed by atoms with Gasteiger partial charge in [0, 0.05) is 16.4 Å². The van der Waals surface area contributed by atoms with Gasteiger partial charge in [-0.15, -0.1) is 0 Å². The lowest BCUT2D eigenvalue weighted by Crippen LogP contribution is -2.00. The van der Waals surface area contributed by atoms with Gasteiger partial charge < -0.3 is 0 Å². The maximum absolute atomic E-state index is 11.0. The molecule has 0 aliphatic rings. The number of thioether (sulfide) groups is 1. The van der Waals surface area contributed by atoms with Gasteiger partial charge in [0.1, 0.15) is 5.69 Å². The molecule has 0 atom stereocenters. The van der Waals surface area contributed by atoms with E-state index in [4.69, 9.17) is 11.6 Å². The molecule has 0 saturated heterocycles. The first kappa shape index (κ1) is 12.0. The van der Waals surface area contributed by atoms with Crippen LogP contribution < -0.4 is 0 Å². The van der Waals surface area contributed by atoms with Crippen LogP contribution >= 0.6 is 39.3 Å². The predicted octanol–water partition coefficient (Wildman–Crippen LogP) is 3.48. The van der Waals surface area contributed by atoms with Crippen LogP contribution in [0.1, 0.15) is 23.0 Å². The molecule has 1 aromatic rings. The summed E-state index contributed by atoms with van der Waals surface area (Å²) >= 11 is 10.5. The summed E-state index contributed by atoms with van der Waals surface area (Å²) in [6.07, 6.45) is 1.58. The molecule has 0 aliphatic carbocycles. The highest BCUT2D eigenvalue weighted by atomic mass is 79.9. The van der Waals surface area contributed by atoms with Crippen molar-refractivity contribution >= 4 is 44.5 Å². The molecule has 0 fully saturated rings. The molecule has 0 N–H and O–H groups in total. The minimum Gasteiger partial charge on any atom is -0.274 e. The van der Waals surface area contributed by atoms with Crippen molar-refractivity contribution in [1.29, 1.82) is 0 Å². The molecule has 0 amide bonds. The van der Waals surface area contributed by atoms with Crippen molar-refractivity contribution in [3.63, 3.8) is 0 Å². The highest BCUT2D eigenvalue weighted by molar-refractivity contribution is 9.10. The fourth-order valence-electron chi connectivity index (χ4n) is 0.980. The van der Waals surface area contributed by atoms with Crippen LogP contribution in [0.25, 0.3) is 0 Å². The third kappa shape index (κ3) is 3.26. The number of hydrogen-bond acceptors (Lipinski definition) is 3. The molecule has 1 aromatic heterocycles. The van der Waals surface area contributed by atoms with Crippen molar-refractivity contribution in [2.45, 2.75) is 12.7 Å². The van der Waals surface area contributed by atoms with Gasteiger partial charge in [-0.3, -0.25) is 9.78 Å². The quantitative estimate of drug-likeness (QED) is 0.796. The number of rotatable bonds is 4. The fourth-order valence-corrected chi connectivity index (χ4v) is 2.17. The lowest BCUT2D eigenvalue weighted by atomic mass is 10.2. The highest BCUT2D eigenvalue weighted by Gasteiger charge is 2.10. The third-order valence-corrected chi connectivity index (χ3v) is 3.12. The molecule has 1 heterocycles. The monoisotopic (exact) mass is 293 g/mol. The van der Waals surface area contributed by atoms with Gasteiger partial charge in [0.2, 0.25) is 0 Å². The van der Waals surface area contributed by atoms with E-state index in [1.807, 2.05) is 6.07 Å². The molecule has 0 saturated carbocycles. The standard InChI is InChI=1S/C9H9BrClNOS/c1-2-14-5-6-3-7(10)4-12-8(6)9(11)13/h3-4H,2,5H2,1H3. The summed E-state index contributed by atoms with van der Waals surface area (Å²) in [5, 5.41) is -0.496. The molecule has 0 radical (unpaired) electrons. The van der Waals surface area contributed by atoms with Crippen LogP contribution in [-0.2, 0) is 5.75 Å². The van der Waals surface area contributed by atoms with E-state index in [-0.39, 0.29) is 0 Å². The smallest absolute Gasteiger partial charge is 0.271 e. The van der Waals surface area contributed by atoms with Crippen LogP contribution in [-0.4, -0.2) is 16.0 Å². The summed E-state index contributed by atoms with van der Waals surface area (Å²) in [6.45, 7) is 2.07. The Balaban J connectivity index is 2.97. The van der Waals surface area contributed by atoms with Crippen LogP contribution in [0, 0.1) is 0 Å². The van der Waals surface area contributed by atoms with E-state index < -0.39 is 5.24 Å². The number of pyridine rings is 1. The largest absolute Gasteiger partial charge is 0.274 e. The molecule has 5 heteroatoms. The second-order valence-corrected chi connectivity index (χ2v) is 5.11. The topological polar surface area (TPSA) is 30.0 Å². The Morgan fingerprint density at radius 1 is 1.71 bits per heavy atom. The van der Waals surface area contributed by atoms with Crippen LogP contribution in [0.5, 0.6) is 0 Å². The Morgan fingerprint density at radius 3 is 3.00 bits per heavy atom. The van der Waals surface area contributed by atoms with Crippen LogP contribution in [0.3, 0.4) is 0 Å². The van der Waals surface area contributed by atoms with E-state index in [0.29, 0.717) is 5.69 Å². The second kappa shape index (κ2) is 5.73. The lowest BCUT2D eigenvalue weighted by molar-refractivity contribution is 0.107. The molecule has 76 valence electrons. The first-order valence-electron chi connectivity index (χ1n) is 4.07. The van der Waals surface area contributed by atoms with Crippen molar-refractivity contribution in [2.24, 2.45) is 0 Å². The molecular weight excluding hydrogens is 286 g/mol. The Hall–Kier alpha value is -0.0600. The summed E-state index contributed by atoms with van der Waals surface area (Å²) in [6, 6.07) is 1.88. The molecule has 2 nitrogen and oxygen atoms in total. The second-order valence-electron chi connectivity index (χ2n) is 2.57. The maximum Gasteiger partial charge on any atom is 0.271 e. The zero-order valence-electron chi connectivity index (χ0n) is 7.59. The van der Waals surface area contributed by atoms with Gasteiger partial charge in [0.15, 0.2) is 0 Å². The Kier molecular flexibility index (Phi) is 4.92. The summed E-state index contributed by atoms with van der Waals surface area (Å²) in [4.78, 5) is 15.0. The normalized spacial score (nSPS) is 10.2. The Morgan fingerprint density at radius 2 is 2.43 bits per heavy atom. The highest BCUT2D eigenvalue weighted by Crippen LogP contribution is 2.20. The Bertz CT molecular complexity index is 346. The van der Waals surface area contributed by atoms with Crippen LogP contribution in [0.4, 0.5) is 0 Å². The van der Waals surface area contributed by atoms with Gasteiger partial charge in [-0.05, 0) is 44.9 Å². The van der Waals surface area contributed by atoms with Crippen LogP contribution in [0.2, 0.25) is 0 Å². The van der Waals surface area contributed by atoms with Crippen LogP contribution in [0.15, 0.2) is 16.7 Å². The molecule has 0 spiro atoms. The lowest BCUT2D eigenvalue weighted by Gasteiger charge is -2.04. The fraction of sp³-hybridized carbons (Fsp3) is 0.333. The predicted molar refractivity (Wildman–Crippen MR) is 64.0 cm³/mol.